The molecular formula is C25H22Br2O2. The van der Waals surface area contributed by atoms with Crippen molar-refractivity contribution in [2.75, 3.05) is 0 Å². The van der Waals surface area contributed by atoms with Crippen LogP contribution in [-0.4, -0.2) is 5.97 Å². The molecule has 0 unspecified atom stereocenters. The number of cyclic esters (lactones) is 1. The van der Waals surface area contributed by atoms with Gasteiger partial charge in [0.25, 0.3) is 0 Å². The van der Waals surface area contributed by atoms with Crippen LogP contribution < -0.4 is 0 Å². The van der Waals surface area contributed by atoms with Gasteiger partial charge < -0.3 is 4.74 Å². The Morgan fingerprint density at radius 1 is 1.10 bits per heavy atom. The summed E-state index contributed by atoms with van der Waals surface area (Å²) in [5, 5.41) is 0. The van der Waals surface area contributed by atoms with Gasteiger partial charge in [0.05, 0.1) is 3.39 Å². The van der Waals surface area contributed by atoms with E-state index in [0.717, 1.165) is 21.8 Å². The van der Waals surface area contributed by atoms with Crippen molar-refractivity contribution >= 4 is 43.6 Å². The van der Waals surface area contributed by atoms with Crippen molar-refractivity contribution in [3.63, 3.8) is 0 Å². The fourth-order valence-electron chi connectivity index (χ4n) is 4.60. The van der Waals surface area contributed by atoms with E-state index in [0.29, 0.717) is 5.76 Å². The van der Waals surface area contributed by atoms with Crippen LogP contribution in [0.25, 0.3) is 5.76 Å². The molecule has 2 nitrogen and oxygen atoms in total. The topological polar surface area (TPSA) is 26.3 Å². The van der Waals surface area contributed by atoms with Crippen LogP contribution in [0.4, 0.5) is 0 Å². The highest BCUT2D eigenvalue weighted by molar-refractivity contribution is 9.28. The van der Waals surface area contributed by atoms with Gasteiger partial charge in [-0.15, -0.1) is 0 Å². The second-order valence-electron chi connectivity index (χ2n) is 7.71. The molecule has 29 heavy (non-hydrogen) atoms. The zero-order chi connectivity index (χ0) is 20.4. The zero-order valence-electron chi connectivity index (χ0n) is 16.1. The van der Waals surface area contributed by atoms with Crippen molar-refractivity contribution in [3.05, 3.63) is 99.0 Å². The Labute approximate surface area is 188 Å². The lowest BCUT2D eigenvalue weighted by Gasteiger charge is -2.42. The molecular weight excluding hydrogens is 492 g/mol. The Morgan fingerprint density at radius 2 is 1.76 bits per heavy atom. The molecule has 0 fully saturated rings. The number of hydrogen-bond acceptors (Lipinski definition) is 2. The maximum absolute atomic E-state index is 13.5. The SMILES string of the molecule is CC1=C[C@H](CC=C(Br)Br)[C@@]2(C=C(c3ccccc3)OC2=O)[C@@H](c2ccccc2)C1. The van der Waals surface area contributed by atoms with Gasteiger partial charge in [0.2, 0.25) is 0 Å². The van der Waals surface area contributed by atoms with E-state index in [-0.39, 0.29) is 17.8 Å². The van der Waals surface area contributed by atoms with Crippen molar-refractivity contribution in [3.8, 4) is 0 Å². The Bertz CT molecular complexity index is 988. The average molecular weight is 514 g/mol. The van der Waals surface area contributed by atoms with Crippen molar-refractivity contribution in [2.45, 2.75) is 25.7 Å². The van der Waals surface area contributed by atoms with E-state index >= 15 is 0 Å². The van der Waals surface area contributed by atoms with E-state index in [2.05, 4.69) is 69.1 Å². The summed E-state index contributed by atoms with van der Waals surface area (Å²) >= 11 is 6.93. The average Bonchev–Trinajstić information content (AvgIpc) is 3.07. The fourth-order valence-corrected chi connectivity index (χ4v) is 4.97. The van der Waals surface area contributed by atoms with Crippen LogP contribution in [0.2, 0.25) is 0 Å². The minimum absolute atomic E-state index is 0.0141. The summed E-state index contributed by atoms with van der Waals surface area (Å²) in [5.41, 5.74) is 2.70. The molecule has 148 valence electrons. The second-order valence-corrected chi connectivity index (χ2v) is 10.5. The predicted molar refractivity (Wildman–Crippen MR) is 125 cm³/mol. The molecule has 0 radical (unpaired) electrons. The standard InChI is InChI=1S/C25H22Br2O2/c1-17-14-20(12-13-23(26)27)25(21(15-17)18-8-4-2-5-9-18)16-22(29-24(25)28)19-10-6-3-7-11-19/h2-11,13-14,16,20-21H,12,15H2,1H3/t20-,21+,25-/m0/s1. The molecule has 3 atom stereocenters. The van der Waals surface area contributed by atoms with Gasteiger partial charge in [0.15, 0.2) is 0 Å². The minimum Gasteiger partial charge on any atom is -0.426 e. The molecule has 4 heteroatoms. The van der Waals surface area contributed by atoms with Crippen LogP contribution in [-0.2, 0) is 9.53 Å². The minimum atomic E-state index is -0.724. The van der Waals surface area contributed by atoms with E-state index in [9.17, 15) is 4.79 Å². The van der Waals surface area contributed by atoms with Crippen molar-refractivity contribution in [1.29, 1.82) is 0 Å². The molecule has 1 aliphatic heterocycles. The monoisotopic (exact) mass is 512 g/mol. The lowest BCUT2D eigenvalue weighted by molar-refractivity contribution is -0.146. The van der Waals surface area contributed by atoms with Gasteiger partial charge in [0.1, 0.15) is 11.2 Å². The van der Waals surface area contributed by atoms with Crippen LogP contribution in [0.3, 0.4) is 0 Å². The summed E-state index contributed by atoms with van der Waals surface area (Å²) in [5.74, 6) is 0.560. The van der Waals surface area contributed by atoms with Gasteiger partial charge in [-0.2, -0.15) is 0 Å². The van der Waals surface area contributed by atoms with E-state index < -0.39 is 5.41 Å². The molecule has 4 rings (SSSR count). The largest absolute Gasteiger partial charge is 0.426 e. The first-order chi connectivity index (χ1) is 14.0. The summed E-state index contributed by atoms with van der Waals surface area (Å²) in [4.78, 5) is 13.5. The van der Waals surface area contributed by atoms with E-state index in [4.69, 9.17) is 4.74 Å². The van der Waals surface area contributed by atoms with Gasteiger partial charge in [-0.25, -0.2) is 0 Å². The molecule has 0 saturated heterocycles. The fraction of sp³-hybridized carbons (Fsp3) is 0.240. The van der Waals surface area contributed by atoms with Crippen LogP contribution in [0.1, 0.15) is 36.8 Å². The summed E-state index contributed by atoms with van der Waals surface area (Å²) in [7, 11) is 0. The summed E-state index contributed by atoms with van der Waals surface area (Å²) < 4.78 is 6.81. The summed E-state index contributed by atoms with van der Waals surface area (Å²) in [6, 6.07) is 20.2. The zero-order valence-corrected chi connectivity index (χ0v) is 19.3. The molecule has 0 saturated carbocycles. The highest BCUT2D eigenvalue weighted by Crippen LogP contribution is 2.57. The number of esters is 1. The Morgan fingerprint density at radius 3 is 2.41 bits per heavy atom. The second kappa shape index (κ2) is 8.45. The molecule has 2 aromatic carbocycles. The van der Waals surface area contributed by atoms with Crippen molar-refractivity contribution < 1.29 is 9.53 Å². The van der Waals surface area contributed by atoms with E-state index in [1.807, 2.05) is 48.5 Å². The maximum Gasteiger partial charge on any atom is 0.322 e. The first kappa shape index (κ1) is 20.4. The molecule has 1 heterocycles. The molecule has 0 N–H and O–H groups in total. The number of allylic oxidation sites excluding steroid dienone is 3. The third-order valence-electron chi connectivity index (χ3n) is 5.91. The quantitative estimate of drug-likeness (QED) is 0.315. The van der Waals surface area contributed by atoms with Gasteiger partial charge in [-0.1, -0.05) is 78.4 Å². The lowest BCUT2D eigenvalue weighted by Crippen LogP contribution is -2.42. The Balaban J connectivity index is 1.88. The highest BCUT2D eigenvalue weighted by atomic mass is 79.9. The third-order valence-corrected chi connectivity index (χ3v) is 6.56. The van der Waals surface area contributed by atoms with Crippen LogP contribution in [0.5, 0.6) is 0 Å². The van der Waals surface area contributed by atoms with Gasteiger partial charge in [0, 0.05) is 17.4 Å². The van der Waals surface area contributed by atoms with Gasteiger partial charge in [-0.3, -0.25) is 4.79 Å². The van der Waals surface area contributed by atoms with Gasteiger partial charge >= 0.3 is 5.97 Å². The van der Waals surface area contributed by atoms with Gasteiger partial charge in [-0.05, 0) is 63.3 Å². The molecule has 2 aromatic rings. The number of benzene rings is 2. The predicted octanol–water partition coefficient (Wildman–Crippen LogP) is 7.34. The lowest BCUT2D eigenvalue weighted by atomic mass is 9.58. The van der Waals surface area contributed by atoms with Crippen LogP contribution in [0, 0.1) is 11.3 Å². The highest BCUT2D eigenvalue weighted by Gasteiger charge is 2.56. The summed E-state index contributed by atoms with van der Waals surface area (Å²) in [6.07, 6.45) is 8.00. The number of rotatable bonds is 4. The van der Waals surface area contributed by atoms with Crippen LogP contribution >= 0.6 is 31.9 Å². The van der Waals surface area contributed by atoms with Crippen molar-refractivity contribution in [2.24, 2.45) is 11.3 Å². The maximum atomic E-state index is 13.5. The first-order valence-electron chi connectivity index (χ1n) is 9.74. The first-order valence-corrected chi connectivity index (χ1v) is 11.3. The number of carbonyl (C=O) groups excluding carboxylic acids is 1. The normalized spacial score (nSPS) is 26.0. The van der Waals surface area contributed by atoms with Crippen molar-refractivity contribution in [1.82, 2.24) is 0 Å². The molecule has 1 spiro atoms. The number of carbonyl (C=O) groups is 1. The molecule has 1 aliphatic carbocycles. The number of ether oxygens (including phenoxy) is 1. The van der Waals surface area contributed by atoms with Crippen LogP contribution in [0.15, 0.2) is 87.9 Å². The third kappa shape index (κ3) is 3.93. The number of hydrogen-bond donors (Lipinski definition) is 0. The molecule has 0 aromatic heterocycles. The number of halogens is 2. The Hall–Kier alpha value is -1.91. The molecule has 0 amide bonds. The molecule has 2 aliphatic rings. The van der Waals surface area contributed by atoms with E-state index in [1.54, 1.807) is 0 Å². The van der Waals surface area contributed by atoms with E-state index in [1.165, 1.54) is 11.1 Å². The Kier molecular flexibility index (Phi) is 5.93. The smallest absolute Gasteiger partial charge is 0.322 e. The molecule has 0 bridgehead atoms. The summed E-state index contributed by atoms with van der Waals surface area (Å²) in [6.45, 7) is 2.16.